The van der Waals surface area contributed by atoms with Crippen molar-refractivity contribution in [3.05, 3.63) is 23.2 Å². The van der Waals surface area contributed by atoms with Gasteiger partial charge in [-0.1, -0.05) is 23.1 Å². The van der Waals surface area contributed by atoms with Crippen molar-refractivity contribution in [1.82, 2.24) is 0 Å². The number of aliphatic hydroxyl groups is 1. The number of benzene rings is 1. The van der Waals surface area contributed by atoms with Gasteiger partial charge in [0.05, 0.1) is 16.2 Å². The van der Waals surface area contributed by atoms with E-state index >= 15 is 0 Å². The summed E-state index contributed by atoms with van der Waals surface area (Å²) in [5, 5.41) is 18.9. The van der Waals surface area contributed by atoms with Gasteiger partial charge in [-0.3, -0.25) is 0 Å². The zero-order valence-corrected chi connectivity index (χ0v) is 13.0. The van der Waals surface area contributed by atoms with Gasteiger partial charge in [0.1, 0.15) is 11.8 Å². The lowest BCUT2D eigenvalue weighted by Crippen LogP contribution is -2.49. The molecule has 0 aliphatic carbocycles. The van der Waals surface area contributed by atoms with Crippen LogP contribution in [0.5, 0.6) is 5.75 Å². The molecule has 0 heterocycles. The van der Waals surface area contributed by atoms with Gasteiger partial charge in [0.15, 0.2) is 6.61 Å². The molecule has 0 fully saturated rings. The molecule has 1 rings (SSSR count). The van der Waals surface area contributed by atoms with Crippen LogP contribution < -0.4 is 10.2 Å². The normalized spacial score (nSPS) is 11.8. The second-order valence-electron chi connectivity index (χ2n) is 5.57. The van der Waals surface area contributed by atoms with Gasteiger partial charge in [0.25, 0.3) is 0 Å². The second kappa shape index (κ2) is 6.49. The summed E-state index contributed by atoms with van der Waals surface area (Å²) < 4.78 is 10.9. The zero-order valence-electron chi connectivity index (χ0n) is 12.2. The van der Waals surface area contributed by atoms with Crippen LogP contribution >= 0.6 is 11.6 Å². The van der Waals surface area contributed by atoms with Gasteiger partial charge in [-0.05, 0) is 39.8 Å². The number of hydrogen-bond donors (Lipinski definition) is 1. The summed E-state index contributed by atoms with van der Waals surface area (Å²) in [4.78, 5) is 0. The molecule has 0 aliphatic rings. The van der Waals surface area contributed by atoms with E-state index in [0.717, 1.165) is 5.46 Å². The monoisotopic (exact) mass is 295 g/mol. The molecule has 1 aromatic carbocycles. The Labute approximate surface area is 125 Å². The summed E-state index contributed by atoms with van der Waals surface area (Å²) in [6.07, 6.45) is 0. The van der Waals surface area contributed by atoms with E-state index in [1.54, 1.807) is 26.0 Å². The summed E-state index contributed by atoms with van der Waals surface area (Å²) in [7, 11) is 0.329. The van der Waals surface area contributed by atoms with E-state index in [2.05, 4.69) is 0 Å². The van der Waals surface area contributed by atoms with Crippen LogP contribution in [0.15, 0.2) is 18.2 Å². The molecule has 20 heavy (non-hydrogen) atoms. The van der Waals surface area contributed by atoms with Crippen LogP contribution in [0.4, 0.5) is 0 Å². The fourth-order valence-corrected chi connectivity index (χ4v) is 1.56. The molecular weight excluding hydrogens is 276 g/mol. The van der Waals surface area contributed by atoms with Crippen LogP contribution in [0.25, 0.3) is 0 Å². The highest BCUT2D eigenvalue weighted by Gasteiger charge is 2.35. The number of halogens is 1. The first-order valence-electron chi connectivity index (χ1n) is 6.32. The Balaban J connectivity index is 2.71. The average Bonchev–Trinajstić information content (AvgIpc) is 2.34. The van der Waals surface area contributed by atoms with E-state index in [1.807, 2.05) is 26.0 Å². The molecule has 0 unspecified atom stereocenters. The number of hydrogen-bond acceptors (Lipinski definition) is 4. The smallest absolute Gasteiger partial charge is 0.309 e. The quantitative estimate of drug-likeness (QED) is 0.813. The van der Waals surface area contributed by atoms with Gasteiger partial charge >= 0.3 is 7.48 Å². The molecule has 0 aliphatic heterocycles. The Hall–Kier alpha value is -1.22. The predicted molar refractivity (Wildman–Crippen MR) is 80.8 cm³/mol. The maximum absolute atomic E-state index is 10.0. The maximum Gasteiger partial charge on any atom is 0.309 e. The molecule has 4 nitrogen and oxygen atoms in total. The number of rotatable bonds is 6. The highest BCUT2D eigenvalue weighted by Crippen LogP contribution is 2.25. The first-order chi connectivity index (χ1) is 9.17. The Morgan fingerprint density at radius 3 is 2.50 bits per heavy atom. The Morgan fingerprint density at radius 2 is 2.00 bits per heavy atom. The Morgan fingerprint density at radius 1 is 1.35 bits per heavy atom. The molecule has 0 amide bonds. The third kappa shape index (κ3) is 4.41. The lowest BCUT2D eigenvalue weighted by molar-refractivity contribution is -0.0893. The number of nitriles is 1. The summed E-state index contributed by atoms with van der Waals surface area (Å²) in [6, 6.07) is 7.14. The molecule has 1 N–H and O–H groups in total. The van der Waals surface area contributed by atoms with Crippen molar-refractivity contribution in [3.8, 4) is 11.8 Å². The Bertz CT molecular complexity index is 506. The van der Waals surface area contributed by atoms with E-state index in [-0.39, 0.29) is 6.61 Å². The first-order valence-corrected chi connectivity index (χ1v) is 6.69. The van der Waals surface area contributed by atoms with Gasteiger partial charge < -0.3 is 14.5 Å². The molecule has 0 atom stereocenters. The highest BCUT2D eigenvalue weighted by molar-refractivity contribution is 6.48. The molecule has 6 heteroatoms. The standard InChI is InChI=1S/C14H19BClNO3/c1-13(2,18)14(3,4)20-15-10-5-6-12(11(16)9-10)19-8-7-17/h5-6,9,15,18H,8H2,1-4H3. The fourth-order valence-electron chi connectivity index (χ4n) is 1.30. The van der Waals surface area contributed by atoms with Gasteiger partial charge in [0, 0.05) is 0 Å². The van der Waals surface area contributed by atoms with Crippen molar-refractivity contribution in [2.45, 2.75) is 38.9 Å². The van der Waals surface area contributed by atoms with Crippen molar-refractivity contribution in [3.63, 3.8) is 0 Å². The summed E-state index contributed by atoms with van der Waals surface area (Å²) in [6.45, 7) is 7.04. The van der Waals surface area contributed by atoms with Crippen molar-refractivity contribution >= 4 is 24.5 Å². The third-order valence-corrected chi connectivity index (χ3v) is 3.66. The molecule has 0 radical (unpaired) electrons. The minimum atomic E-state index is -0.952. The number of nitrogens with zero attached hydrogens (tertiary/aromatic N) is 1. The summed E-state index contributed by atoms with van der Waals surface area (Å²) in [5.41, 5.74) is -0.765. The first kappa shape index (κ1) is 16.8. The molecule has 0 saturated heterocycles. The van der Waals surface area contributed by atoms with E-state index in [0.29, 0.717) is 18.3 Å². The molecular formula is C14H19BClNO3. The van der Waals surface area contributed by atoms with E-state index in [4.69, 9.17) is 26.3 Å². The minimum Gasteiger partial charge on any atom is -0.477 e. The van der Waals surface area contributed by atoms with Crippen molar-refractivity contribution in [2.75, 3.05) is 6.61 Å². The van der Waals surface area contributed by atoms with Gasteiger partial charge in [-0.15, -0.1) is 0 Å². The zero-order chi connectivity index (χ0) is 15.4. The van der Waals surface area contributed by atoms with Gasteiger partial charge in [-0.2, -0.15) is 5.26 Å². The fraction of sp³-hybridized carbons (Fsp3) is 0.500. The van der Waals surface area contributed by atoms with E-state index in [1.165, 1.54) is 0 Å². The van der Waals surface area contributed by atoms with Crippen LogP contribution in [0.2, 0.25) is 5.02 Å². The van der Waals surface area contributed by atoms with E-state index in [9.17, 15) is 5.11 Å². The van der Waals surface area contributed by atoms with Crippen LogP contribution in [0.1, 0.15) is 27.7 Å². The highest BCUT2D eigenvalue weighted by atomic mass is 35.5. The summed E-state index contributed by atoms with van der Waals surface area (Å²) >= 11 is 6.07. The van der Waals surface area contributed by atoms with Crippen LogP contribution in [0.3, 0.4) is 0 Å². The van der Waals surface area contributed by atoms with Crippen LogP contribution in [-0.4, -0.2) is 30.4 Å². The Kier molecular flexibility index (Phi) is 5.46. The molecule has 0 saturated carbocycles. The largest absolute Gasteiger partial charge is 0.477 e. The molecule has 108 valence electrons. The molecule has 0 aromatic heterocycles. The maximum atomic E-state index is 10.0. The van der Waals surface area contributed by atoms with Crippen molar-refractivity contribution < 1.29 is 14.5 Å². The van der Waals surface area contributed by atoms with Crippen molar-refractivity contribution in [2.24, 2.45) is 0 Å². The van der Waals surface area contributed by atoms with Crippen LogP contribution in [0, 0.1) is 11.3 Å². The van der Waals surface area contributed by atoms with Gasteiger partial charge in [-0.25, -0.2) is 0 Å². The van der Waals surface area contributed by atoms with Gasteiger partial charge in [0.2, 0.25) is 0 Å². The minimum absolute atomic E-state index is 0.0404. The molecule has 0 spiro atoms. The molecule has 1 aromatic rings. The SMILES string of the molecule is CC(C)(O)C(C)(C)OBc1ccc(OCC#N)c(Cl)c1. The lowest BCUT2D eigenvalue weighted by atomic mass is 9.82. The topological polar surface area (TPSA) is 62.5 Å². The predicted octanol–water partition coefficient (Wildman–Crippen LogP) is 1.79. The third-order valence-electron chi connectivity index (χ3n) is 3.36. The lowest BCUT2D eigenvalue weighted by Gasteiger charge is -2.37. The number of ether oxygens (including phenoxy) is 1. The van der Waals surface area contributed by atoms with Crippen molar-refractivity contribution in [1.29, 1.82) is 5.26 Å². The summed E-state index contributed by atoms with van der Waals surface area (Å²) in [5.74, 6) is 0.471. The molecule has 0 bridgehead atoms. The second-order valence-corrected chi connectivity index (χ2v) is 5.98. The van der Waals surface area contributed by atoms with E-state index < -0.39 is 11.2 Å². The average molecular weight is 296 g/mol. The van der Waals surface area contributed by atoms with Crippen LogP contribution in [-0.2, 0) is 4.65 Å².